The monoisotopic (exact) mass is 905 g/mol. The summed E-state index contributed by atoms with van der Waals surface area (Å²) in [4.78, 5) is 67.2. The highest BCUT2D eigenvalue weighted by atomic mass is 32.2. The average Bonchev–Trinajstić information content (AvgIpc) is 4.13. The Kier molecular flexibility index (Phi) is 12.9. The molecule has 0 spiro atoms. The summed E-state index contributed by atoms with van der Waals surface area (Å²) >= 11 is 1.45. The first-order valence-corrected chi connectivity index (χ1v) is 25.0. The lowest BCUT2D eigenvalue weighted by Gasteiger charge is -2.38. The molecule has 4 heterocycles. The van der Waals surface area contributed by atoms with Crippen LogP contribution in [0, 0.1) is 5.92 Å². The van der Waals surface area contributed by atoms with Gasteiger partial charge < -0.3 is 40.7 Å². The molecule has 8 rings (SSSR count). The zero-order chi connectivity index (χ0) is 44.5. The third-order valence-corrected chi connectivity index (χ3v) is 16.3. The first-order valence-electron chi connectivity index (χ1n) is 22.4. The zero-order valence-electron chi connectivity index (χ0n) is 36.2. The van der Waals surface area contributed by atoms with Gasteiger partial charge in [-0.2, -0.15) is 0 Å². The van der Waals surface area contributed by atoms with E-state index >= 15 is 0 Å². The SMILES string of the molecule is COc1ccc2c(O[C@@H]3C[C@H]4C(=O)N[C@]5(C(=O)O)CC5C=CCCCCC[C@H](NC(=O)NC5(CS(=O)(=O)C6CC6)CCCCC5)C(=O)N4C3)cc(-c3csc(NC(C)C)n3)nc2c1. The van der Waals surface area contributed by atoms with Gasteiger partial charge in [0.25, 0.3) is 0 Å². The number of aliphatic carboxylic acids is 1. The first kappa shape index (κ1) is 44.6. The third-order valence-electron chi connectivity index (χ3n) is 13.1. The summed E-state index contributed by atoms with van der Waals surface area (Å²) in [5.74, 6) is -1.74. The molecule has 0 bridgehead atoms. The molecule has 340 valence electrons. The van der Waals surface area contributed by atoms with Crippen molar-refractivity contribution < 1.29 is 42.2 Å². The summed E-state index contributed by atoms with van der Waals surface area (Å²) in [6, 6.07) is 4.60. The highest BCUT2D eigenvalue weighted by molar-refractivity contribution is 7.92. The minimum atomic E-state index is -3.41. The second kappa shape index (κ2) is 18.3. The number of amides is 4. The predicted molar refractivity (Wildman–Crippen MR) is 240 cm³/mol. The van der Waals surface area contributed by atoms with E-state index in [0.29, 0.717) is 72.3 Å². The molecule has 2 aromatic heterocycles. The van der Waals surface area contributed by atoms with Crippen LogP contribution in [0.15, 0.2) is 41.8 Å². The third kappa shape index (κ3) is 10.1. The van der Waals surface area contributed by atoms with Crippen LogP contribution in [0.25, 0.3) is 22.3 Å². The Morgan fingerprint density at radius 2 is 1.81 bits per heavy atom. The van der Waals surface area contributed by atoms with Crippen molar-refractivity contribution in [3.05, 3.63) is 41.8 Å². The van der Waals surface area contributed by atoms with Crippen molar-refractivity contribution in [3.8, 4) is 22.9 Å². The van der Waals surface area contributed by atoms with Crippen molar-refractivity contribution in [1.82, 2.24) is 30.8 Å². The number of nitrogens with zero attached hydrogens (tertiary/aromatic N) is 3. The summed E-state index contributed by atoms with van der Waals surface area (Å²) in [5.41, 5.74) is -0.679. The van der Waals surface area contributed by atoms with Crippen LogP contribution in [0.3, 0.4) is 0 Å². The number of methoxy groups -OCH3 is 1. The topological polar surface area (TPSA) is 218 Å². The second-order valence-electron chi connectivity index (χ2n) is 18.3. The molecule has 63 heavy (non-hydrogen) atoms. The maximum absolute atomic E-state index is 14.9. The molecule has 5 N–H and O–H groups in total. The molecule has 3 aromatic rings. The van der Waals surface area contributed by atoms with Gasteiger partial charge in [0.2, 0.25) is 11.8 Å². The molecule has 4 amide bonds. The van der Waals surface area contributed by atoms with Crippen molar-refractivity contribution in [2.24, 2.45) is 5.92 Å². The molecule has 1 aromatic carbocycles. The molecule has 2 aliphatic heterocycles. The molecular formula is C45H59N7O9S2. The van der Waals surface area contributed by atoms with E-state index in [2.05, 4.69) is 21.3 Å². The van der Waals surface area contributed by atoms with Crippen molar-refractivity contribution in [3.63, 3.8) is 0 Å². The van der Waals surface area contributed by atoms with Crippen LogP contribution in [0.4, 0.5) is 9.93 Å². The van der Waals surface area contributed by atoms with E-state index in [0.717, 1.165) is 37.2 Å². The van der Waals surface area contributed by atoms with Crippen molar-refractivity contribution in [2.75, 3.05) is 24.7 Å². The number of hydrogen-bond donors (Lipinski definition) is 5. The van der Waals surface area contributed by atoms with Gasteiger partial charge in [-0.25, -0.2) is 28.0 Å². The van der Waals surface area contributed by atoms with Gasteiger partial charge in [-0.3, -0.25) is 9.59 Å². The number of thiazole rings is 1. The van der Waals surface area contributed by atoms with Gasteiger partial charge in [-0.1, -0.05) is 44.3 Å². The van der Waals surface area contributed by atoms with Crippen LogP contribution in [-0.4, -0.2) is 112 Å². The number of fused-ring (bicyclic) bond motifs is 3. The Balaban J connectivity index is 1.10. The molecule has 18 heteroatoms. The van der Waals surface area contributed by atoms with Gasteiger partial charge in [0, 0.05) is 41.3 Å². The van der Waals surface area contributed by atoms with Crippen LogP contribution in [0.2, 0.25) is 0 Å². The summed E-state index contributed by atoms with van der Waals surface area (Å²) in [6.07, 6.45) is 11.3. The van der Waals surface area contributed by atoms with Crippen molar-refractivity contribution in [1.29, 1.82) is 0 Å². The van der Waals surface area contributed by atoms with E-state index in [1.165, 1.54) is 16.2 Å². The number of pyridine rings is 1. The molecule has 1 saturated heterocycles. The fourth-order valence-electron chi connectivity index (χ4n) is 9.46. The average molecular weight is 906 g/mol. The fraction of sp³-hybridized carbons (Fsp3) is 0.600. The van der Waals surface area contributed by atoms with E-state index < -0.39 is 68.8 Å². The van der Waals surface area contributed by atoms with E-state index in [9.17, 15) is 32.7 Å². The molecule has 4 fully saturated rings. The first-order chi connectivity index (χ1) is 30.2. The Hall–Kier alpha value is -4.97. The predicted octanol–water partition coefficient (Wildman–Crippen LogP) is 5.96. The summed E-state index contributed by atoms with van der Waals surface area (Å²) < 4.78 is 38.8. The van der Waals surface area contributed by atoms with E-state index in [1.54, 1.807) is 25.3 Å². The Morgan fingerprint density at radius 1 is 1.03 bits per heavy atom. The second-order valence-corrected chi connectivity index (χ2v) is 21.5. The number of carboxylic acids is 1. The molecular weight excluding hydrogens is 847 g/mol. The number of carboxylic acid groups (broad SMARTS) is 1. The van der Waals surface area contributed by atoms with Crippen LogP contribution in [-0.2, 0) is 24.2 Å². The van der Waals surface area contributed by atoms with Crippen LogP contribution < -0.4 is 30.7 Å². The standard InChI is InChI=1S/C45H59N7O9S2/c1-27(2)46-43-49-36(25-62-43)35-22-38(32-17-14-29(60-3)20-34(32)47-35)61-30-21-37-39(53)50-45(41(55)56)23-28(45)12-8-5-4-6-9-13-33(40(54)52(37)24-30)48-42(57)51-44(18-10-7-11-19-44)26-63(58,59)31-15-16-31/h8,12,14,17,20,22,25,27-28,30-31,33,37H,4-7,9-11,13,15-16,18-19,21,23-24,26H2,1-3H3,(H,46,49)(H,50,53)(H,55,56)(H2,48,51,57)/t28?,30-,33+,37+,45-/m1/s1. The number of aromatic nitrogens is 2. The van der Waals surface area contributed by atoms with Gasteiger partial charge in [0.05, 0.1) is 41.4 Å². The molecule has 3 aliphatic carbocycles. The van der Waals surface area contributed by atoms with Crippen LogP contribution in [0.5, 0.6) is 11.5 Å². The molecule has 5 aliphatic rings. The number of rotatable bonds is 12. The maximum atomic E-state index is 14.9. The minimum Gasteiger partial charge on any atom is -0.497 e. The number of sulfone groups is 1. The van der Waals surface area contributed by atoms with Gasteiger partial charge in [-0.15, -0.1) is 11.3 Å². The Morgan fingerprint density at radius 3 is 2.54 bits per heavy atom. The number of benzene rings is 1. The number of urea groups is 1. The molecule has 16 nitrogen and oxygen atoms in total. The lowest BCUT2D eigenvalue weighted by atomic mass is 9.83. The highest BCUT2D eigenvalue weighted by Gasteiger charge is 2.61. The number of ether oxygens (including phenoxy) is 2. The summed E-state index contributed by atoms with van der Waals surface area (Å²) in [6.45, 7) is 4.03. The number of carbonyl (C=O) groups is 4. The Bertz CT molecular complexity index is 2360. The van der Waals surface area contributed by atoms with Crippen molar-refractivity contribution in [2.45, 2.75) is 144 Å². The minimum absolute atomic E-state index is 0.0296. The number of nitrogens with one attached hydrogen (secondary N) is 4. The lowest BCUT2D eigenvalue weighted by molar-refractivity contribution is -0.145. The Labute approximate surface area is 372 Å². The van der Waals surface area contributed by atoms with Crippen molar-refractivity contribution >= 4 is 61.0 Å². The molecule has 5 atom stereocenters. The van der Waals surface area contributed by atoms with E-state index in [1.807, 2.05) is 37.4 Å². The fourth-order valence-corrected chi connectivity index (χ4v) is 12.5. The van der Waals surface area contributed by atoms with Gasteiger partial charge in [-0.05, 0) is 77.3 Å². The van der Waals surface area contributed by atoms with Crippen LogP contribution >= 0.6 is 11.3 Å². The van der Waals surface area contributed by atoms with Crippen LogP contribution in [0.1, 0.15) is 104 Å². The van der Waals surface area contributed by atoms with E-state index in [4.69, 9.17) is 19.4 Å². The quantitative estimate of drug-likeness (QED) is 0.133. The number of hydrogen-bond acceptors (Lipinski definition) is 12. The largest absolute Gasteiger partial charge is 0.497 e. The zero-order valence-corrected chi connectivity index (χ0v) is 37.8. The molecule has 3 saturated carbocycles. The summed E-state index contributed by atoms with van der Waals surface area (Å²) in [7, 11) is -1.84. The number of anilines is 1. The van der Waals surface area contributed by atoms with Gasteiger partial charge >= 0.3 is 12.0 Å². The summed E-state index contributed by atoms with van der Waals surface area (Å²) in [5, 5.41) is 25.4. The molecule has 1 unspecified atom stereocenters. The van der Waals surface area contributed by atoms with Gasteiger partial charge in [0.15, 0.2) is 15.0 Å². The maximum Gasteiger partial charge on any atom is 0.330 e. The van der Waals surface area contributed by atoms with Gasteiger partial charge in [0.1, 0.15) is 40.9 Å². The normalized spacial score (nSPS) is 26.4. The lowest BCUT2D eigenvalue weighted by Crippen LogP contribution is -2.61. The highest BCUT2D eigenvalue weighted by Crippen LogP contribution is 2.46. The smallest absolute Gasteiger partial charge is 0.330 e. The number of allylic oxidation sites excluding steroid dienone is 1. The molecule has 0 radical (unpaired) electrons. The number of carbonyl (C=O) groups excluding carboxylic acids is 3. The van der Waals surface area contributed by atoms with E-state index in [-0.39, 0.29) is 42.9 Å².